The van der Waals surface area contributed by atoms with Crippen LogP contribution in [0.2, 0.25) is 0 Å². The van der Waals surface area contributed by atoms with E-state index in [1.54, 1.807) is 0 Å². The summed E-state index contributed by atoms with van der Waals surface area (Å²) in [5, 5.41) is 0. The molecule has 0 saturated carbocycles. The zero-order valence-electron chi connectivity index (χ0n) is 18.3. The molecule has 2 aliphatic rings. The van der Waals surface area contributed by atoms with E-state index in [9.17, 15) is 0 Å². The molecule has 1 saturated heterocycles. The van der Waals surface area contributed by atoms with Crippen molar-refractivity contribution in [3.05, 3.63) is 59.7 Å². The van der Waals surface area contributed by atoms with Gasteiger partial charge in [0.1, 0.15) is 5.82 Å². The largest absolute Gasteiger partial charge is 0.327 e. The topological polar surface area (TPSA) is 37.2 Å². The number of aryl methyl sites for hydroxylation is 2. The van der Waals surface area contributed by atoms with Gasteiger partial charge in [-0.2, -0.15) is 0 Å². The fourth-order valence-corrected chi connectivity index (χ4v) is 5.52. The first-order chi connectivity index (χ1) is 14.7. The van der Waals surface area contributed by atoms with E-state index in [0.717, 1.165) is 44.0 Å². The summed E-state index contributed by atoms with van der Waals surface area (Å²) in [5.41, 5.74) is 5.16. The van der Waals surface area contributed by atoms with E-state index in [1.165, 1.54) is 48.3 Å². The minimum atomic E-state index is 0.443. The van der Waals surface area contributed by atoms with Crippen molar-refractivity contribution >= 4 is 11.0 Å². The van der Waals surface area contributed by atoms with E-state index in [-0.39, 0.29) is 0 Å². The number of benzene rings is 1. The summed E-state index contributed by atoms with van der Waals surface area (Å²) in [6.45, 7) is 4.16. The van der Waals surface area contributed by atoms with Crippen molar-refractivity contribution in [3.63, 3.8) is 0 Å². The quantitative estimate of drug-likeness (QED) is 0.616. The maximum absolute atomic E-state index is 5.09. The summed E-state index contributed by atoms with van der Waals surface area (Å²) >= 11 is 0. The predicted octanol–water partition coefficient (Wildman–Crippen LogP) is 4.28. The highest BCUT2D eigenvalue weighted by molar-refractivity contribution is 5.75. The van der Waals surface area contributed by atoms with Gasteiger partial charge in [-0.05, 0) is 89.0 Å². The number of rotatable bonds is 6. The SMILES string of the molecule is CN(C)CCCn1c(CN2CCC[C@H]3CCc4cccnc4[C@H]32)nc2ccccc21. The van der Waals surface area contributed by atoms with Crippen LogP contribution in [0.3, 0.4) is 0 Å². The van der Waals surface area contributed by atoms with E-state index in [0.29, 0.717) is 6.04 Å². The molecule has 1 fully saturated rings. The van der Waals surface area contributed by atoms with E-state index >= 15 is 0 Å². The number of pyridine rings is 1. The molecule has 0 N–H and O–H groups in total. The van der Waals surface area contributed by atoms with Crippen LogP contribution in [-0.2, 0) is 19.5 Å². The number of fused-ring (bicyclic) bond motifs is 4. The lowest BCUT2D eigenvalue weighted by molar-refractivity contribution is 0.0664. The average molecular weight is 404 g/mol. The maximum atomic E-state index is 5.09. The number of hydrogen-bond donors (Lipinski definition) is 0. The smallest absolute Gasteiger partial charge is 0.124 e. The molecule has 3 aromatic rings. The second kappa shape index (κ2) is 8.48. The van der Waals surface area contributed by atoms with Gasteiger partial charge in [0.05, 0.1) is 29.3 Å². The van der Waals surface area contributed by atoms with Gasteiger partial charge in [0, 0.05) is 12.7 Å². The van der Waals surface area contributed by atoms with E-state index in [4.69, 9.17) is 9.97 Å². The normalized spacial score (nSPS) is 21.7. The van der Waals surface area contributed by atoms with Crippen LogP contribution in [0.15, 0.2) is 42.6 Å². The highest BCUT2D eigenvalue weighted by Crippen LogP contribution is 2.43. The second-order valence-electron chi connectivity index (χ2n) is 9.23. The van der Waals surface area contributed by atoms with Crippen LogP contribution in [0.25, 0.3) is 11.0 Å². The Kier molecular flexibility index (Phi) is 5.57. The molecular formula is C25H33N5. The predicted molar refractivity (Wildman–Crippen MR) is 121 cm³/mol. The molecule has 30 heavy (non-hydrogen) atoms. The number of para-hydroxylation sites is 2. The van der Waals surface area contributed by atoms with Crippen LogP contribution < -0.4 is 0 Å². The van der Waals surface area contributed by atoms with Gasteiger partial charge in [-0.15, -0.1) is 0 Å². The third-order valence-corrected chi connectivity index (χ3v) is 6.92. The monoisotopic (exact) mass is 403 g/mol. The summed E-state index contributed by atoms with van der Waals surface area (Å²) < 4.78 is 2.46. The Morgan fingerprint density at radius 3 is 2.90 bits per heavy atom. The molecule has 1 aliphatic carbocycles. The Hall–Kier alpha value is -2.24. The van der Waals surface area contributed by atoms with Crippen molar-refractivity contribution in [2.24, 2.45) is 5.92 Å². The minimum absolute atomic E-state index is 0.443. The number of imidazole rings is 1. The van der Waals surface area contributed by atoms with Crippen molar-refractivity contribution in [2.75, 3.05) is 27.2 Å². The molecule has 0 bridgehead atoms. The number of piperidine rings is 1. The number of likely N-dealkylation sites (tertiary alicyclic amines) is 1. The Morgan fingerprint density at radius 1 is 1.10 bits per heavy atom. The number of nitrogens with zero attached hydrogens (tertiary/aromatic N) is 5. The van der Waals surface area contributed by atoms with E-state index in [1.807, 2.05) is 6.20 Å². The lowest BCUT2D eigenvalue weighted by atomic mass is 9.77. The lowest BCUT2D eigenvalue weighted by Gasteiger charge is -2.44. The summed E-state index contributed by atoms with van der Waals surface area (Å²) in [5.74, 6) is 1.94. The number of hydrogen-bond acceptors (Lipinski definition) is 4. The highest BCUT2D eigenvalue weighted by atomic mass is 15.2. The Labute approximate surface area is 179 Å². The van der Waals surface area contributed by atoms with Crippen LogP contribution in [-0.4, -0.2) is 51.5 Å². The van der Waals surface area contributed by atoms with Gasteiger partial charge in [0.2, 0.25) is 0 Å². The molecule has 0 spiro atoms. The van der Waals surface area contributed by atoms with Gasteiger partial charge in [-0.3, -0.25) is 9.88 Å². The van der Waals surface area contributed by atoms with Crippen LogP contribution >= 0.6 is 0 Å². The summed E-state index contributed by atoms with van der Waals surface area (Å²) in [4.78, 5) is 14.9. The summed E-state index contributed by atoms with van der Waals surface area (Å²) in [6, 6.07) is 13.4. The zero-order chi connectivity index (χ0) is 20.5. The molecule has 3 heterocycles. The molecule has 5 rings (SSSR count). The first-order valence-corrected chi connectivity index (χ1v) is 11.5. The third-order valence-electron chi connectivity index (χ3n) is 6.92. The lowest BCUT2D eigenvalue weighted by Crippen LogP contribution is -2.41. The summed E-state index contributed by atoms with van der Waals surface area (Å²) in [6.07, 6.45) is 8.20. The van der Waals surface area contributed by atoms with Gasteiger partial charge < -0.3 is 9.47 Å². The highest BCUT2D eigenvalue weighted by Gasteiger charge is 2.38. The van der Waals surface area contributed by atoms with Gasteiger partial charge in [0.25, 0.3) is 0 Å². The standard InChI is InChI=1S/C25H33N5/c1-28(2)15-7-17-30-22-11-4-3-10-21(22)27-23(30)18-29-16-6-9-20-13-12-19-8-5-14-26-24(19)25(20)29/h3-5,8,10-11,14,20,25H,6-7,9,12-13,15-18H2,1-2H3/t20-,25-/m0/s1. The zero-order valence-corrected chi connectivity index (χ0v) is 18.3. The second-order valence-corrected chi connectivity index (χ2v) is 9.23. The molecule has 5 heteroatoms. The molecule has 5 nitrogen and oxygen atoms in total. The fourth-order valence-electron chi connectivity index (χ4n) is 5.52. The van der Waals surface area contributed by atoms with Gasteiger partial charge >= 0.3 is 0 Å². The van der Waals surface area contributed by atoms with Gasteiger partial charge in [0.15, 0.2) is 0 Å². The molecule has 1 aromatic carbocycles. The van der Waals surface area contributed by atoms with Crippen molar-refractivity contribution in [1.29, 1.82) is 0 Å². The van der Waals surface area contributed by atoms with Crippen molar-refractivity contribution in [2.45, 2.75) is 51.2 Å². The molecule has 0 radical (unpaired) electrons. The van der Waals surface area contributed by atoms with Crippen molar-refractivity contribution in [3.8, 4) is 0 Å². The molecule has 158 valence electrons. The first kappa shape index (κ1) is 19.7. The maximum Gasteiger partial charge on any atom is 0.124 e. The third kappa shape index (κ3) is 3.77. The van der Waals surface area contributed by atoms with Crippen LogP contribution in [0.5, 0.6) is 0 Å². The van der Waals surface area contributed by atoms with Crippen molar-refractivity contribution < 1.29 is 0 Å². The Bertz CT molecular complexity index is 1010. The molecule has 0 amide bonds. The van der Waals surface area contributed by atoms with E-state index in [2.05, 4.69) is 64.9 Å². The first-order valence-electron chi connectivity index (χ1n) is 11.5. The van der Waals surface area contributed by atoms with E-state index < -0.39 is 0 Å². The molecule has 1 aliphatic heterocycles. The molecule has 2 aromatic heterocycles. The Morgan fingerprint density at radius 2 is 2.00 bits per heavy atom. The Balaban J connectivity index is 1.46. The number of aromatic nitrogens is 3. The van der Waals surface area contributed by atoms with Gasteiger partial charge in [-0.1, -0.05) is 18.2 Å². The minimum Gasteiger partial charge on any atom is -0.327 e. The molecule has 2 atom stereocenters. The van der Waals surface area contributed by atoms with Crippen molar-refractivity contribution in [1.82, 2.24) is 24.3 Å². The summed E-state index contributed by atoms with van der Waals surface area (Å²) in [7, 11) is 4.29. The molecule has 0 unspecified atom stereocenters. The fraction of sp³-hybridized carbons (Fsp3) is 0.520. The van der Waals surface area contributed by atoms with Gasteiger partial charge in [-0.25, -0.2) is 4.98 Å². The average Bonchev–Trinajstić information content (AvgIpc) is 3.10. The molecular weight excluding hydrogens is 370 g/mol. The van der Waals surface area contributed by atoms with Crippen LogP contribution in [0.1, 0.15) is 48.8 Å². The van der Waals surface area contributed by atoms with Crippen LogP contribution in [0, 0.1) is 5.92 Å². The van der Waals surface area contributed by atoms with Crippen LogP contribution in [0.4, 0.5) is 0 Å².